The molecule has 2 rings (SSSR count). The van der Waals surface area contributed by atoms with E-state index in [4.69, 9.17) is 9.15 Å². The van der Waals surface area contributed by atoms with Gasteiger partial charge in [0.1, 0.15) is 5.76 Å². The molecule has 1 N–H and O–H groups in total. The largest absolute Gasteiger partial charge is 0.445 e. The second-order valence-corrected chi connectivity index (χ2v) is 5.34. The Kier molecular flexibility index (Phi) is 6.37. The average Bonchev–Trinajstić information content (AvgIpc) is 2.92. The van der Waals surface area contributed by atoms with Gasteiger partial charge in [-0.25, -0.2) is 4.98 Å². The van der Waals surface area contributed by atoms with Crippen LogP contribution >= 0.6 is 0 Å². The van der Waals surface area contributed by atoms with Crippen LogP contribution in [0.2, 0.25) is 0 Å². The minimum atomic E-state index is 0.620. The molecule has 0 aromatic carbocycles. The molecular weight excluding hydrogens is 240 g/mol. The summed E-state index contributed by atoms with van der Waals surface area (Å²) in [6, 6.07) is 0. The van der Waals surface area contributed by atoms with Crippen molar-refractivity contribution in [1.82, 2.24) is 10.3 Å². The lowest BCUT2D eigenvalue weighted by Crippen LogP contribution is -2.20. The molecule has 1 fully saturated rings. The molecule has 1 aliphatic carbocycles. The molecule has 0 amide bonds. The number of hydrogen-bond donors (Lipinski definition) is 1. The van der Waals surface area contributed by atoms with E-state index < -0.39 is 0 Å². The lowest BCUT2D eigenvalue weighted by molar-refractivity contribution is 0.199. The van der Waals surface area contributed by atoms with Gasteiger partial charge in [0.2, 0.25) is 0 Å². The molecular formula is C15H26N2O2. The molecule has 0 spiro atoms. The molecule has 4 heteroatoms. The van der Waals surface area contributed by atoms with E-state index in [1.807, 2.05) is 6.20 Å². The van der Waals surface area contributed by atoms with Gasteiger partial charge in [0.25, 0.3) is 0 Å². The monoisotopic (exact) mass is 266 g/mol. The summed E-state index contributed by atoms with van der Waals surface area (Å²) in [5.74, 6) is 2.63. The highest BCUT2D eigenvalue weighted by atomic mass is 16.5. The summed E-state index contributed by atoms with van der Waals surface area (Å²) in [7, 11) is 1.72. The molecule has 1 aromatic rings. The molecule has 108 valence electrons. The Hall–Kier alpha value is -0.870. The highest BCUT2D eigenvalue weighted by Crippen LogP contribution is 2.32. The highest BCUT2D eigenvalue weighted by Gasteiger charge is 2.19. The maximum atomic E-state index is 5.89. The van der Waals surface area contributed by atoms with Crippen LogP contribution < -0.4 is 5.32 Å². The summed E-state index contributed by atoms with van der Waals surface area (Å²) in [5.41, 5.74) is 0. The van der Waals surface area contributed by atoms with Crippen molar-refractivity contribution in [3.8, 4) is 0 Å². The van der Waals surface area contributed by atoms with E-state index in [0.717, 1.165) is 44.2 Å². The second kappa shape index (κ2) is 8.33. The predicted molar refractivity (Wildman–Crippen MR) is 75.4 cm³/mol. The Labute approximate surface area is 115 Å². The van der Waals surface area contributed by atoms with Crippen LogP contribution in [0.4, 0.5) is 0 Å². The third-order valence-electron chi connectivity index (χ3n) is 3.81. The standard InChI is InChI=1S/C15H26N2O2/c1-18-11-10-16-9-5-8-15-17-12-14(19-15)13-6-3-2-4-7-13/h12-13,16H,2-11H2,1H3. The van der Waals surface area contributed by atoms with Crippen LogP contribution in [-0.4, -0.2) is 31.8 Å². The zero-order valence-corrected chi connectivity index (χ0v) is 12.0. The van der Waals surface area contributed by atoms with Crippen molar-refractivity contribution in [2.24, 2.45) is 0 Å². The van der Waals surface area contributed by atoms with Crippen molar-refractivity contribution in [2.45, 2.75) is 50.9 Å². The topological polar surface area (TPSA) is 47.3 Å². The zero-order chi connectivity index (χ0) is 13.3. The molecule has 0 radical (unpaired) electrons. The Morgan fingerprint density at radius 3 is 2.95 bits per heavy atom. The fourth-order valence-corrected chi connectivity index (χ4v) is 2.68. The van der Waals surface area contributed by atoms with Gasteiger partial charge in [0.05, 0.1) is 12.8 Å². The normalized spacial score (nSPS) is 16.9. The number of ether oxygens (including phenoxy) is 1. The lowest BCUT2D eigenvalue weighted by Gasteiger charge is -2.18. The molecule has 1 saturated carbocycles. The van der Waals surface area contributed by atoms with Crippen LogP contribution in [0, 0.1) is 0 Å². The molecule has 0 atom stereocenters. The third-order valence-corrected chi connectivity index (χ3v) is 3.81. The molecule has 0 aliphatic heterocycles. The van der Waals surface area contributed by atoms with Gasteiger partial charge in [-0.2, -0.15) is 0 Å². The van der Waals surface area contributed by atoms with E-state index in [0.29, 0.717) is 5.92 Å². The van der Waals surface area contributed by atoms with Crippen LogP contribution in [0.3, 0.4) is 0 Å². The fraction of sp³-hybridized carbons (Fsp3) is 0.800. The number of methoxy groups -OCH3 is 1. The lowest BCUT2D eigenvalue weighted by atomic mass is 9.88. The van der Waals surface area contributed by atoms with Crippen molar-refractivity contribution in [1.29, 1.82) is 0 Å². The molecule has 0 unspecified atom stereocenters. The SMILES string of the molecule is COCCNCCCc1ncc(C2CCCCC2)o1. The van der Waals surface area contributed by atoms with E-state index >= 15 is 0 Å². The Balaban J connectivity index is 1.66. The summed E-state index contributed by atoms with van der Waals surface area (Å²) in [4.78, 5) is 4.41. The number of hydrogen-bond acceptors (Lipinski definition) is 4. The molecule has 1 aliphatic rings. The van der Waals surface area contributed by atoms with Crippen LogP contribution in [0.15, 0.2) is 10.6 Å². The van der Waals surface area contributed by atoms with Gasteiger partial charge in [-0.3, -0.25) is 0 Å². The summed E-state index contributed by atoms with van der Waals surface area (Å²) in [6.07, 6.45) is 10.5. The summed E-state index contributed by atoms with van der Waals surface area (Å²) < 4.78 is 10.9. The number of aryl methyl sites for hydroxylation is 1. The van der Waals surface area contributed by atoms with Crippen LogP contribution in [0.25, 0.3) is 0 Å². The maximum absolute atomic E-state index is 5.89. The van der Waals surface area contributed by atoms with Crippen molar-refractivity contribution in [3.63, 3.8) is 0 Å². The third kappa shape index (κ3) is 4.96. The first-order valence-electron chi connectivity index (χ1n) is 7.54. The van der Waals surface area contributed by atoms with Gasteiger partial charge in [0.15, 0.2) is 5.89 Å². The van der Waals surface area contributed by atoms with Crippen LogP contribution in [-0.2, 0) is 11.2 Å². The van der Waals surface area contributed by atoms with E-state index in [-0.39, 0.29) is 0 Å². The zero-order valence-electron chi connectivity index (χ0n) is 12.0. The molecule has 0 saturated heterocycles. The van der Waals surface area contributed by atoms with Gasteiger partial charge < -0.3 is 14.5 Å². The van der Waals surface area contributed by atoms with E-state index in [1.165, 1.54) is 32.1 Å². The Bertz CT molecular complexity index is 346. The predicted octanol–water partition coefficient (Wildman–Crippen LogP) is 2.89. The van der Waals surface area contributed by atoms with Crippen molar-refractivity contribution in [3.05, 3.63) is 17.8 Å². The first-order valence-corrected chi connectivity index (χ1v) is 7.54. The van der Waals surface area contributed by atoms with E-state index in [9.17, 15) is 0 Å². The van der Waals surface area contributed by atoms with Crippen molar-refractivity contribution < 1.29 is 9.15 Å². The van der Waals surface area contributed by atoms with Crippen molar-refractivity contribution >= 4 is 0 Å². The van der Waals surface area contributed by atoms with Gasteiger partial charge in [-0.1, -0.05) is 19.3 Å². The molecule has 0 bridgehead atoms. The Morgan fingerprint density at radius 2 is 2.16 bits per heavy atom. The summed E-state index contributed by atoms with van der Waals surface area (Å²) >= 11 is 0. The summed E-state index contributed by atoms with van der Waals surface area (Å²) in [5, 5.41) is 3.33. The maximum Gasteiger partial charge on any atom is 0.194 e. The molecule has 4 nitrogen and oxygen atoms in total. The highest BCUT2D eigenvalue weighted by molar-refractivity contribution is 5.03. The Morgan fingerprint density at radius 1 is 1.32 bits per heavy atom. The number of aromatic nitrogens is 1. The first kappa shape index (κ1) is 14.5. The smallest absolute Gasteiger partial charge is 0.194 e. The molecule has 1 heterocycles. The first-order chi connectivity index (χ1) is 9.40. The van der Waals surface area contributed by atoms with E-state index in [2.05, 4.69) is 10.3 Å². The number of rotatable bonds is 8. The van der Waals surface area contributed by atoms with Gasteiger partial charge in [-0.05, 0) is 25.8 Å². The minimum Gasteiger partial charge on any atom is -0.445 e. The second-order valence-electron chi connectivity index (χ2n) is 5.34. The number of nitrogens with one attached hydrogen (secondary N) is 1. The summed E-state index contributed by atoms with van der Waals surface area (Å²) in [6.45, 7) is 2.67. The van der Waals surface area contributed by atoms with Gasteiger partial charge in [-0.15, -0.1) is 0 Å². The number of nitrogens with zero attached hydrogens (tertiary/aromatic N) is 1. The van der Waals surface area contributed by atoms with E-state index in [1.54, 1.807) is 7.11 Å². The molecule has 1 aromatic heterocycles. The van der Waals surface area contributed by atoms with Crippen LogP contribution in [0.5, 0.6) is 0 Å². The van der Waals surface area contributed by atoms with Gasteiger partial charge in [0, 0.05) is 26.0 Å². The number of oxazole rings is 1. The fourth-order valence-electron chi connectivity index (χ4n) is 2.68. The van der Waals surface area contributed by atoms with Crippen LogP contribution in [0.1, 0.15) is 56.1 Å². The molecule has 19 heavy (non-hydrogen) atoms. The quantitative estimate of drug-likeness (QED) is 0.735. The minimum absolute atomic E-state index is 0.620. The average molecular weight is 266 g/mol. The van der Waals surface area contributed by atoms with Crippen molar-refractivity contribution in [2.75, 3.05) is 26.8 Å². The van der Waals surface area contributed by atoms with Gasteiger partial charge >= 0.3 is 0 Å².